The Balaban J connectivity index is 2.24. The number of amides is 1. The van der Waals surface area contributed by atoms with Crippen molar-refractivity contribution in [3.63, 3.8) is 0 Å². The minimum absolute atomic E-state index is 0.106. The largest absolute Gasteiger partial charge is 0.397 e. The normalized spacial score (nSPS) is 9.83. The molecule has 0 atom stereocenters. The van der Waals surface area contributed by atoms with Crippen LogP contribution in [-0.2, 0) is 4.79 Å². The van der Waals surface area contributed by atoms with Crippen molar-refractivity contribution in [2.45, 2.75) is 6.92 Å². The molecule has 0 radical (unpaired) electrons. The lowest BCUT2D eigenvalue weighted by Gasteiger charge is -2.11. The molecule has 0 saturated heterocycles. The van der Waals surface area contributed by atoms with Crippen LogP contribution >= 0.6 is 0 Å². The highest BCUT2D eigenvalue weighted by Crippen LogP contribution is 2.26. The number of nitrogens with one attached hydrogen (secondary N) is 2. The predicted octanol–water partition coefficient (Wildman–Crippen LogP) is 2.97. The molecule has 0 aromatic heterocycles. The molecule has 0 bridgehead atoms. The van der Waals surface area contributed by atoms with Crippen molar-refractivity contribution >= 4 is 28.7 Å². The number of anilines is 4. The van der Waals surface area contributed by atoms with Gasteiger partial charge >= 0.3 is 0 Å². The lowest BCUT2D eigenvalue weighted by Crippen LogP contribution is -2.06. The molecule has 0 aliphatic carbocycles. The van der Waals surface area contributed by atoms with Gasteiger partial charge in [0.15, 0.2) is 0 Å². The Labute approximate surface area is 106 Å². The molecule has 18 heavy (non-hydrogen) atoms. The van der Waals surface area contributed by atoms with Crippen molar-refractivity contribution in [1.29, 1.82) is 0 Å². The molecule has 0 saturated carbocycles. The van der Waals surface area contributed by atoms with Gasteiger partial charge in [0.2, 0.25) is 5.91 Å². The lowest BCUT2D eigenvalue weighted by atomic mass is 10.2. The second-order valence-electron chi connectivity index (χ2n) is 3.97. The quantitative estimate of drug-likeness (QED) is 0.724. The molecule has 1 amide bonds. The Morgan fingerprint density at radius 2 is 1.78 bits per heavy atom. The number of carbonyl (C=O) groups is 1. The topological polar surface area (TPSA) is 67.2 Å². The van der Waals surface area contributed by atoms with Crippen LogP contribution in [0.3, 0.4) is 0 Å². The number of nitrogen functional groups attached to an aromatic ring is 1. The van der Waals surface area contributed by atoms with E-state index in [0.717, 1.165) is 17.1 Å². The molecule has 0 spiro atoms. The van der Waals surface area contributed by atoms with Gasteiger partial charge in [-0.05, 0) is 30.3 Å². The molecule has 2 rings (SSSR count). The second-order valence-corrected chi connectivity index (χ2v) is 3.97. The van der Waals surface area contributed by atoms with Gasteiger partial charge in [0.1, 0.15) is 0 Å². The van der Waals surface area contributed by atoms with Gasteiger partial charge in [-0.25, -0.2) is 0 Å². The summed E-state index contributed by atoms with van der Waals surface area (Å²) in [6.07, 6.45) is 0. The number of hydrogen-bond acceptors (Lipinski definition) is 3. The molecule has 0 fully saturated rings. The van der Waals surface area contributed by atoms with E-state index in [2.05, 4.69) is 10.6 Å². The molecule has 4 nitrogen and oxygen atoms in total. The Kier molecular flexibility index (Phi) is 3.48. The molecule has 0 unspecified atom stereocenters. The first-order chi connectivity index (χ1) is 8.65. The van der Waals surface area contributed by atoms with Crippen LogP contribution in [0.4, 0.5) is 22.7 Å². The molecular formula is C14H15N3O. The van der Waals surface area contributed by atoms with Crippen LogP contribution in [0.25, 0.3) is 0 Å². The maximum Gasteiger partial charge on any atom is 0.221 e. The van der Waals surface area contributed by atoms with Gasteiger partial charge in [-0.2, -0.15) is 0 Å². The van der Waals surface area contributed by atoms with Crippen molar-refractivity contribution < 1.29 is 4.79 Å². The lowest BCUT2D eigenvalue weighted by molar-refractivity contribution is -0.114. The third-order valence-corrected chi connectivity index (χ3v) is 2.43. The van der Waals surface area contributed by atoms with E-state index in [0.29, 0.717) is 5.69 Å². The fraction of sp³-hybridized carbons (Fsp3) is 0.0714. The smallest absolute Gasteiger partial charge is 0.221 e. The molecule has 4 heteroatoms. The minimum Gasteiger partial charge on any atom is -0.397 e. The minimum atomic E-state index is -0.106. The Bertz CT molecular complexity index is 552. The standard InChI is InChI=1S/C14H15N3O/c1-10(18)16-12-7-8-13(15)14(9-12)17-11-5-3-2-4-6-11/h2-9,17H,15H2,1H3,(H,16,18). The van der Waals surface area contributed by atoms with Crippen molar-refractivity contribution in [3.8, 4) is 0 Å². The summed E-state index contributed by atoms with van der Waals surface area (Å²) >= 11 is 0. The van der Waals surface area contributed by atoms with Gasteiger partial charge in [0.05, 0.1) is 11.4 Å². The average molecular weight is 241 g/mol. The van der Waals surface area contributed by atoms with Gasteiger partial charge in [-0.3, -0.25) is 4.79 Å². The monoisotopic (exact) mass is 241 g/mol. The first-order valence-corrected chi connectivity index (χ1v) is 5.64. The molecule has 0 aliphatic heterocycles. The molecular weight excluding hydrogens is 226 g/mol. The average Bonchev–Trinajstić information content (AvgIpc) is 2.34. The third kappa shape index (κ3) is 3.01. The Hall–Kier alpha value is -2.49. The Morgan fingerprint density at radius 1 is 1.06 bits per heavy atom. The van der Waals surface area contributed by atoms with Gasteiger partial charge in [-0.1, -0.05) is 18.2 Å². The number of hydrogen-bond donors (Lipinski definition) is 3. The first-order valence-electron chi connectivity index (χ1n) is 5.64. The van der Waals surface area contributed by atoms with E-state index in [4.69, 9.17) is 5.73 Å². The molecule has 4 N–H and O–H groups in total. The van der Waals surface area contributed by atoms with Crippen LogP contribution in [0.5, 0.6) is 0 Å². The summed E-state index contributed by atoms with van der Waals surface area (Å²) in [6, 6.07) is 15.1. The van der Waals surface area contributed by atoms with E-state index in [1.807, 2.05) is 36.4 Å². The van der Waals surface area contributed by atoms with Gasteiger partial charge in [0, 0.05) is 18.3 Å². The van der Waals surface area contributed by atoms with Crippen LogP contribution in [0, 0.1) is 0 Å². The zero-order valence-corrected chi connectivity index (χ0v) is 10.1. The summed E-state index contributed by atoms with van der Waals surface area (Å²) in [5.41, 5.74) is 8.96. The number of rotatable bonds is 3. The maximum absolute atomic E-state index is 11.0. The van der Waals surface area contributed by atoms with Gasteiger partial charge in [0.25, 0.3) is 0 Å². The van der Waals surface area contributed by atoms with Gasteiger partial charge < -0.3 is 16.4 Å². The fourth-order valence-corrected chi connectivity index (χ4v) is 1.62. The van der Waals surface area contributed by atoms with Crippen LogP contribution in [0.15, 0.2) is 48.5 Å². The highest BCUT2D eigenvalue weighted by atomic mass is 16.1. The number of para-hydroxylation sites is 1. The number of carbonyl (C=O) groups excluding carboxylic acids is 1. The summed E-state index contributed by atoms with van der Waals surface area (Å²) in [5, 5.41) is 5.93. The fourth-order valence-electron chi connectivity index (χ4n) is 1.62. The Morgan fingerprint density at radius 3 is 2.44 bits per heavy atom. The van der Waals surface area contributed by atoms with Crippen LogP contribution < -0.4 is 16.4 Å². The van der Waals surface area contributed by atoms with E-state index in [1.165, 1.54) is 6.92 Å². The molecule has 2 aromatic carbocycles. The zero-order valence-electron chi connectivity index (χ0n) is 10.1. The highest BCUT2D eigenvalue weighted by molar-refractivity contribution is 5.90. The van der Waals surface area contributed by atoms with E-state index in [-0.39, 0.29) is 5.91 Å². The number of benzene rings is 2. The van der Waals surface area contributed by atoms with Crippen molar-refractivity contribution in [2.24, 2.45) is 0 Å². The maximum atomic E-state index is 11.0. The summed E-state index contributed by atoms with van der Waals surface area (Å²) in [6.45, 7) is 1.47. The first kappa shape index (κ1) is 12.0. The van der Waals surface area contributed by atoms with E-state index < -0.39 is 0 Å². The zero-order chi connectivity index (χ0) is 13.0. The van der Waals surface area contributed by atoms with Crippen molar-refractivity contribution in [2.75, 3.05) is 16.4 Å². The van der Waals surface area contributed by atoms with E-state index in [1.54, 1.807) is 12.1 Å². The van der Waals surface area contributed by atoms with Crippen LogP contribution in [0.1, 0.15) is 6.92 Å². The molecule has 0 heterocycles. The summed E-state index contributed by atoms with van der Waals surface area (Å²) in [5.74, 6) is -0.106. The van der Waals surface area contributed by atoms with Crippen molar-refractivity contribution in [3.05, 3.63) is 48.5 Å². The molecule has 92 valence electrons. The second kappa shape index (κ2) is 5.23. The van der Waals surface area contributed by atoms with Crippen LogP contribution in [0.2, 0.25) is 0 Å². The van der Waals surface area contributed by atoms with Gasteiger partial charge in [-0.15, -0.1) is 0 Å². The summed E-state index contributed by atoms with van der Waals surface area (Å²) < 4.78 is 0. The predicted molar refractivity (Wildman–Crippen MR) is 74.9 cm³/mol. The van der Waals surface area contributed by atoms with Crippen molar-refractivity contribution in [1.82, 2.24) is 0 Å². The highest BCUT2D eigenvalue weighted by Gasteiger charge is 2.02. The number of nitrogens with two attached hydrogens (primary N) is 1. The molecule has 2 aromatic rings. The van der Waals surface area contributed by atoms with E-state index >= 15 is 0 Å². The summed E-state index contributed by atoms with van der Waals surface area (Å²) in [4.78, 5) is 11.0. The third-order valence-electron chi connectivity index (χ3n) is 2.43. The molecule has 0 aliphatic rings. The summed E-state index contributed by atoms with van der Waals surface area (Å²) in [7, 11) is 0. The van der Waals surface area contributed by atoms with Crippen LogP contribution in [-0.4, -0.2) is 5.91 Å². The SMILES string of the molecule is CC(=O)Nc1ccc(N)c(Nc2ccccc2)c1. The van der Waals surface area contributed by atoms with E-state index in [9.17, 15) is 4.79 Å².